The van der Waals surface area contributed by atoms with E-state index in [1.54, 1.807) is 18.9 Å². The zero-order chi connectivity index (χ0) is 20.6. The molecule has 1 aromatic heterocycles. The highest BCUT2D eigenvalue weighted by Crippen LogP contribution is 2.27. The lowest BCUT2D eigenvalue weighted by Crippen LogP contribution is -2.11. The van der Waals surface area contributed by atoms with Crippen molar-refractivity contribution in [1.82, 2.24) is 4.98 Å². The van der Waals surface area contributed by atoms with Crippen LogP contribution in [0.4, 0.5) is 5.13 Å². The fraction of sp³-hybridized carbons (Fsp3) is 0.304. The molecule has 152 valence electrons. The highest BCUT2D eigenvalue weighted by Gasteiger charge is 2.09. The van der Waals surface area contributed by atoms with Gasteiger partial charge in [-0.05, 0) is 47.9 Å². The number of rotatable bonds is 9. The van der Waals surface area contributed by atoms with Crippen LogP contribution in [0.1, 0.15) is 38.2 Å². The van der Waals surface area contributed by atoms with Gasteiger partial charge < -0.3 is 10.1 Å². The minimum Gasteiger partial charge on any atom is -0.497 e. The number of aromatic nitrogens is 1. The van der Waals surface area contributed by atoms with Crippen molar-refractivity contribution in [3.63, 3.8) is 0 Å². The molecule has 0 fully saturated rings. The lowest BCUT2D eigenvalue weighted by molar-refractivity contribution is -0.116. The van der Waals surface area contributed by atoms with Crippen molar-refractivity contribution in [3.05, 3.63) is 59.5 Å². The van der Waals surface area contributed by atoms with Gasteiger partial charge in [-0.1, -0.05) is 38.1 Å². The molecule has 0 saturated heterocycles. The lowest BCUT2D eigenvalue weighted by Gasteiger charge is -2.05. The van der Waals surface area contributed by atoms with Crippen molar-refractivity contribution in [3.8, 4) is 17.0 Å². The molecule has 0 unspecified atom stereocenters. The van der Waals surface area contributed by atoms with Gasteiger partial charge >= 0.3 is 0 Å². The summed E-state index contributed by atoms with van der Waals surface area (Å²) in [6, 6.07) is 16.4. The van der Waals surface area contributed by atoms with Crippen molar-refractivity contribution < 1.29 is 9.53 Å². The van der Waals surface area contributed by atoms with E-state index in [1.807, 2.05) is 29.6 Å². The van der Waals surface area contributed by atoms with Crippen molar-refractivity contribution >= 4 is 34.1 Å². The molecule has 0 aliphatic rings. The van der Waals surface area contributed by atoms with Gasteiger partial charge in [-0.2, -0.15) is 0 Å². The predicted molar refractivity (Wildman–Crippen MR) is 123 cm³/mol. The molecule has 1 amide bonds. The summed E-state index contributed by atoms with van der Waals surface area (Å²) in [6.07, 6.45) is 1.30. The smallest absolute Gasteiger partial charge is 0.226 e. The molecular weight excluding hydrogens is 400 g/mol. The monoisotopic (exact) mass is 426 g/mol. The van der Waals surface area contributed by atoms with E-state index in [-0.39, 0.29) is 5.91 Å². The summed E-state index contributed by atoms with van der Waals surface area (Å²) in [7, 11) is 1.66. The van der Waals surface area contributed by atoms with Gasteiger partial charge in [-0.3, -0.25) is 4.79 Å². The van der Waals surface area contributed by atoms with Gasteiger partial charge in [-0.25, -0.2) is 4.98 Å². The third-order valence-corrected chi connectivity index (χ3v) is 6.36. The van der Waals surface area contributed by atoms with Crippen LogP contribution in [0.25, 0.3) is 11.3 Å². The Bertz CT molecular complexity index is 919. The molecule has 0 aliphatic carbocycles. The molecule has 0 radical (unpaired) electrons. The summed E-state index contributed by atoms with van der Waals surface area (Å²) in [4.78, 5) is 17.9. The number of amides is 1. The maximum absolute atomic E-state index is 12.2. The van der Waals surface area contributed by atoms with Crippen LogP contribution < -0.4 is 10.1 Å². The average molecular weight is 427 g/mol. The second-order valence-electron chi connectivity index (χ2n) is 6.99. The Labute approximate surface area is 180 Å². The lowest BCUT2D eigenvalue weighted by atomic mass is 10.0. The maximum Gasteiger partial charge on any atom is 0.226 e. The molecule has 4 nitrogen and oxygen atoms in total. The van der Waals surface area contributed by atoms with Crippen LogP contribution in [0.15, 0.2) is 58.8 Å². The number of carbonyl (C=O) groups excluding carboxylic acids is 1. The van der Waals surface area contributed by atoms with Gasteiger partial charge in [0.05, 0.1) is 12.8 Å². The zero-order valence-corrected chi connectivity index (χ0v) is 18.6. The van der Waals surface area contributed by atoms with E-state index in [2.05, 4.69) is 48.4 Å². The normalized spacial score (nSPS) is 10.9. The molecule has 0 spiro atoms. The number of thiazole rings is 1. The number of benzene rings is 2. The number of carbonyl (C=O) groups is 1. The largest absolute Gasteiger partial charge is 0.497 e. The van der Waals surface area contributed by atoms with E-state index >= 15 is 0 Å². The fourth-order valence-corrected chi connectivity index (χ4v) is 4.37. The minimum absolute atomic E-state index is 0.0105. The van der Waals surface area contributed by atoms with E-state index in [1.165, 1.54) is 21.8 Å². The number of thioether (sulfide) groups is 1. The number of hydrogen-bond acceptors (Lipinski definition) is 5. The molecule has 0 bridgehead atoms. The van der Waals surface area contributed by atoms with Crippen LogP contribution >= 0.6 is 23.1 Å². The topological polar surface area (TPSA) is 51.2 Å². The Balaban J connectivity index is 1.43. The van der Waals surface area contributed by atoms with Crippen LogP contribution in [0.5, 0.6) is 5.75 Å². The van der Waals surface area contributed by atoms with Crippen molar-refractivity contribution in [2.24, 2.45) is 0 Å². The first-order valence-electron chi connectivity index (χ1n) is 9.67. The van der Waals surface area contributed by atoms with Gasteiger partial charge in [-0.15, -0.1) is 23.1 Å². The first-order valence-corrected chi connectivity index (χ1v) is 11.5. The van der Waals surface area contributed by atoms with E-state index in [0.717, 1.165) is 29.2 Å². The molecule has 0 atom stereocenters. The van der Waals surface area contributed by atoms with Crippen LogP contribution in [-0.4, -0.2) is 23.8 Å². The van der Waals surface area contributed by atoms with Crippen LogP contribution in [0.2, 0.25) is 0 Å². The number of hydrogen-bond donors (Lipinski definition) is 1. The van der Waals surface area contributed by atoms with Crippen molar-refractivity contribution in [2.45, 2.75) is 37.5 Å². The number of nitrogens with zero attached hydrogens (tertiary/aromatic N) is 1. The standard InChI is InChI=1S/C23H26N2O2S2/c1-16(2)17-6-8-18(9-7-17)21-15-29-23(24-21)25-22(26)5-4-14-28-20-12-10-19(27-3)11-13-20/h6-13,15-16H,4-5,14H2,1-3H3,(H,24,25,26). The van der Waals surface area contributed by atoms with Crippen LogP contribution in [0.3, 0.4) is 0 Å². The summed E-state index contributed by atoms with van der Waals surface area (Å²) in [5.74, 6) is 2.27. The highest BCUT2D eigenvalue weighted by molar-refractivity contribution is 7.99. The summed E-state index contributed by atoms with van der Waals surface area (Å²) in [5, 5.41) is 5.56. The van der Waals surface area contributed by atoms with Gasteiger partial charge in [0, 0.05) is 22.3 Å². The molecule has 0 aliphatic heterocycles. The third-order valence-electron chi connectivity index (χ3n) is 4.50. The van der Waals surface area contributed by atoms with Crippen molar-refractivity contribution in [1.29, 1.82) is 0 Å². The Kier molecular flexibility index (Phi) is 7.72. The fourth-order valence-electron chi connectivity index (χ4n) is 2.78. The van der Waals surface area contributed by atoms with Gasteiger partial charge in [0.1, 0.15) is 5.75 Å². The van der Waals surface area contributed by atoms with Crippen LogP contribution in [-0.2, 0) is 4.79 Å². The molecule has 0 saturated carbocycles. The molecule has 2 aromatic carbocycles. The Morgan fingerprint density at radius 3 is 2.52 bits per heavy atom. The number of methoxy groups -OCH3 is 1. The first-order chi connectivity index (χ1) is 14.0. The van der Waals surface area contributed by atoms with E-state index in [0.29, 0.717) is 17.5 Å². The van der Waals surface area contributed by atoms with E-state index < -0.39 is 0 Å². The molecule has 1 N–H and O–H groups in total. The summed E-state index contributed by atoms with van der Waals surface area (Å²) in [6.45, 7) is 4.36. The summed E-state index contributed by atoms with van der Waals surface area (Å²) >= 11 is 3.21. The summed E-state index contributed by atoms with van der Waals surface area (Å²) < 4.78 is 5.16. The number of ether oxygens (including phenoxy) is 1. The predicted octanol–water partition coefficient (Wildman–Crippen LogP) is 6.45. The molecule has 6 heteroatoms. The second-order valence-corrected chi connectivity index (χ2v) is 9.02. The molecular formula is C23H26N2O2S2. The van der Waals surface area contributed by atoms with Gasteiger partial charge in [0.25, 0.3) is 0 Å². The highest BCUT2D eigenvalue weighted by atomic mass is 32.2. The molecule has 3 aromatic rings. The Morgan fingerprint density at radius 1 is 1.14 bits per heavy atom. The second kappa shape index (κ2) is 10.5. The zero-order valence-electron chi connectivity index (χ0n) is 17.0. The maximum atomic E-state index is 12.2. The molecule has 29 heavy (non-hydrogen) atoms. The number of nitrogens with one attached hydrogen (secondary N) is 1. The average Bonchev–Trinajstić information content (AvgIpc) is 3.20. The minimum atomic E-state index is 0.0105. The van der Waals surface area contributed by atoms with E-state index in [4.69, 9.17) is 4.74 Å². The SMILES string of the molecule is COc1ccc(SCCCC(=O)Nc2nc(-c3ccc(C(C)C)cc3)cs2)cc1. The quantitative estimate of drug-likeness (QED) is 0.315. The molecule has 1 heterocycles. The van der Waals surface area contributed by atoms with Crippen LogP contribution in [0, 0.1) is 0 Å². The third kappa shape index (κ3) is 6.34. The first kappa shape index (κ1) is 21.4. The van der Waals surface area contributed by atoms with Crippen molar-refractivity contribution in [2.75, 3.05) is 18.2 Å². The Hall–Kier alpha value is -2.31. The van der Waals surface area contributed by atoms with Gasteiger partial charge in [0.2, 0.25) is 5.91 Å². The van der Waals surface area contributed by atoms with Gasteiger partial charge in [0.15, 0.2) is 5.13 Å². The molecule has 3 rings (SSSR count). The summed E-state index contributed by atoms with van der Waals surface area (Å²) in [5.41, 5.74) is 3.28. The number of anilines is 1. The Morgan fingerprint density at radius 2 is 1.86 bits per heavy atom. The van der Waals surface area contributed by atoms with E-state index in [9.17, 15) is 4.79 Å².